The lowest BCUT2D eigenvalue weighted by atomic mass is 10.2. The maximum atomic E-state index is 13.4. The Labute approximate surface area is 101 Å². The first-order valence-corrected chi connectivity index (χ1v) is 5.62. The summed E-state index contributed by atoms with van der Waals surface area (Å²) < 4.78 is 15.6. The van der Waals surface area contributed by atoms with Crippen molar-refractivity contribution in [3.8, 4) is 5.69 Å². The van der Waals surface area contributed by atoms with Gasteiger partial charge in [0.25, 0.3) is 0 Å². The summed E-state index contributed by atoms with van der Waals surface area (Å²) in [7, 11) is 0. The van der Waals surface area contributed by atoms with Crippen LogP contribution >= 0.6 is 15.9 Å². The van der Waals surface area contributed by atoms with Crippen molar-refractivity contribution >= 4 is 15.9 Å². The van der Waals surface area contributed by atoms with Crippen molar-refractivity contribution in [2.75, 3.05) is 0 Å². The minimum Gasteiger partial charge on any atom is -0.323 e. The van der Waals surface area contributed by atoms with Crippen LogP contribution in [0, 0.1) is 5.82 Å². The highest BCUT2D eigenvalue weighted by atomic mass is 79.9. The summed E-state index contributed by atoms with van der Waals surface area (Å²) >= 11 is 3.12. The predicted molar refractivity (Wildman–Crippen MR) is 63.8 cm³/mol. The zero-order valence-corrected chi connectivity index (χ0v) is 10.3. The Balaban J connectivity index is 2.50. The third-order valence-corrected chi connectivity index (χ3v) is 2.96. The van der Waals surface area contributed by atoms with Gasteiger partial charge in [0.15, 0.2) is 0 Å². The molecule has 0 unspecified atom stereocenters. The molecular weight excluding hydrogens is 273 g/mol. The molecule has 0 aliphatic carbocycles. The molecule has 16 heavy (non-hydrogen) atoms. The summed E-state index contributed by atoms with van der Waals surface area (Å²) in [6.45, 7) is 1.86. The fourth-order valence-electron chi connectivity index (χ4n) is 1.49. The number of benzene rings is 1. The molecule has 1 atom stereocenters. The molecule has 0 saturated heterocycles. The molecule has 0 saturated carbocycles. The van der Waals surface area contributed by atoms with Crippen LogP contribution in [0.4, 0.5) is 4.39 Å². The Kier molecular flexibility index (Phi) is 3.07. The van der Waals surface area contributed by atoms with Gasteiger partial charge in [-0.15, -0.1) is 0 Å². The molecule has 0 fully saturated rings. The molecular formula is C11H11BrFN3. The molecule has 1 aromatic carbocycles. The van der Waals surface area contributed by atoms with E-state index < -0.39 is 0 Å². The summed E-state index contributed by atoms with van der Waals surface area (Å²) in [5.41, 5.74) is 7.36. The van der Waals surface area contributed by atoms with Crippen molar-refractivity contribution in [1.29, 1.82) is 0 Å². The molecule has 2 rings (SSSR count). The van der Waals surface area contributed by atoms with E-state index in [4.69, 9.17) is 5.73 Å². The minimum atomic E-state index is -0.304. The Morgan fingerprint density at radius 1 is 1.50 bits per heavy atom. The number of aromatic nitrogens is 2. The van der Waals surface area contributed by atoms with E-state index in [1.165, 1.54) is 6.07 Å². The Morgan fingerprint density at radius 2 is 2.25 bits per heavy atom. The highest BCUT2D eigenvalue weighted by molar-refractivity contribution is 9.10. The van der Waals surface area contributed by atoms with Gasteiger partial charge in [-0.2, -0.15) is 0 Å². The smallest absolute Gasteiger partial charge is 0.139 e. The van der Waals surface area contributed by atoms with Crippen molar-refractivity contribution in [3.63, 3.8) is 0 Å². The molecule has 0 radical (unpaired) electrons. The lowest BCUT2D eigenvalue weighted by Gasteiger charge is -2.11. The predicted octanol–water partition coefficient (Wildman–Crippen LogP) is 2.79. The molecule has 2 aromatic rings. The fraction of sp³-hybridized carbons (Fsp3) is 0.182. The van der Waals surface area contributed by atoms with Crippen molar-refractivity contribution in [2.24, 2.45) is 5.73 Å². The Morgan fingerprint density at radius 3 is 2.88 bits per heavy atom. The van der Waals surface area contributed by atoms with Gasteiger partial charge in [0.2, 0.25) is 0 Å². The zero-order valence-electron chi connectivity index (χ0n) is 8.69. The third-order valence-electron chi connectivity index (χ3n) is 2.31. The van der Waals surface area contributed by atoms with Crippen LogP contribution in [0.3, 0.4) is 0 Å². The molecule has 0 aliphatic heterocycles. The van der Waals surface area contributed by atoms with Crippen LogP contribution in [0.5, 0.6) is 0 Å². The van der Waals surface area contributed by atoms with Crippen molar-refractivity contribution in [2.45, 2.75) is 13.0 Å². The van der Waals surface area contributed by atoms with E-state index in [0.717, 1.165) is 5.69 Å². The van der Waals surface area contributed by atoms with Crippen LogP contribution in [-0.4, -0.2) is 9.55 Å². The first-order chi connectivity index (χ1) is 7.59. The van der Waals surface area contributed by atoms with E-state index in [1.54, 1.807) is 29.2 Å². The molecule has 1 heterocycles. The number of rotatable bonds is 2. The van der Waals surface area contributed by atoms with E-state index in [-0.39, 0.29) is 11.9 Å². The van der Waals surface area contributed by atoms with Gasteiger partial charge >= 0.3 is 0 Å². The third kappa shape index (κ3) is 2.01. The monoisotopic (exact) mass is 283 g/mol. The number of hydrogen-bond donors (Lipinski definition) is 1. The largest absolute Gasteiger partial charge is 0.323 e. The minimum absolute atomic E-state index is 0.144. The molecule has 0 amide bonds. The Hall–Kier alpha value is -1.20. The molecule has 3 nitrogen and oxygen atoms in total. The van der Waals surface area contributed by atoms with E-state index in [9.17, 15) is 4.39 Å². The van der Waals surface area contributed by atoms with Gasteiger partial charge in [-0.05, 0) is 41.1 Å². The maximum absolute atomic E-state index is 13.4. The number of nitrogens with zero attached hydrogens (tertiary/aromatic N) is 2. The van der Waals surface area contributed by atoms with Crippen molar-refractivity contribution in [3.05, 3.63) is 46.7 Å². The van der Waals surface area contributed by atoms with E-state index in [2.05, 4.69) is 20.9 Å². The summed E-state index contributed by atoms with van der Waals surface area (Å²) in [6.07, 6.45) is 3.31. The van der Waals surface area contributed by atoms with E-state index in [1.807, 2.05) is 6.92 Å². The lowest BCUT2D eigenvalue weighted by Crippen LogP contribution is -2.10. The number of hydrogen-bond acceptors (Lipinski definition) is 2. The summed E-state index contributed by atoms with van der Waals surface area (Å²) in [6, 6.07) is 4.77. The maximum Gasteiger partial charge on any atom is 0.139 e. The van der Waals surface area contributed by atoms with Gasteiger partial charge in [0.05, 0.1) is 22.7 Å². The first kappa shape index (κ1) is 11.3. The van der Waals surface area contributed by atoms with Gasteiger partial charge in [-0.1, -0.05) is 0 Å². The molecule has 1 aromatic heterocycles. The normalized spacial score (nSPS) is 12.8. The van der Waals surface area contributed by atoms with Gasteiger partial charge in [-0.3, -0.25) is 0 Å². The summed E-state index contributed by atoms with van der Waals surface area (Å²) in [5, 5.41) is 0. The van der Waals surface area contributed by atoms with Crippen LogP contribution in [-0.2, 0) is 0 Å². The molecule has 2 N–H and O–H groups in total. The summed E-state index contributed by atoms with van der Waals surface area (Å²) in [5.74, 6) is -0.304. The summed E-state index contributed by atoms with van der Waals surface area (Å²) in [4.78, 5) is 4.02. The average Bonchev–Trinajstić information content (AvgIpc) is 2.71. The van der Waals surface area contributed by atoms with Crippen LogP contribution < -0.4 is 5.73 Å². The number of imidazole rings is 1. The van der Waals surface area contributed by atoms with E-state index in [0.29, 0.717) is 10.2 Å². The SMILES string of the molecule is C[C@@H](N)c1cncn1-c1ccc(Br)c(F)c1. The van der Waals surface area contributed by atoms with Crippen LogP contribution in [0.1, 0.15) is 18.7 Å². The fourth-order valence-corrected chi connectivity index (χ4v) is 1.74. The highest BCUT2D eigenvalue weighted by Gasteiger charge is 2.09. The molecule has 5 heteroatoms. The topological polar surface area (TPSA) is 43.8 Å². The molecule has 84 valence electrons. The second kappa shape index (κ2) is 4.35. The van der Waals surface area contributed by atoms with Crippen LogP contribution in [0.15, 0.2) is 35.2 Å². The van der Waals surface area contributed by atoms with E-state index >= 15 is 0 Å². The van der Waals surface area contributed by atoms with Crippen LogP contribution in [0.25, 0.3) is 5.69 Å². The average molecular weight is 284 g/mol. The number of halogens is 2. The standard InChI is InChI=1S/C11H11BrFN3/c1-7(14)11-5-15-6-16(11)8-2-3-9(12)10(13)4-8/h2-7H,14H2,1H3/t7-/m1/s1. The first-order valence-electron chi connectivity index (χ1n) is 4.83. The highest BCUT2D eigenvalue weighted by Crippen LogP contribution is 2.21. The molecule has 0 bridgehead atoms. The van der Waals surface area contributed by atoms with Gasteiger partial charge < -0.3 is 10.3 Å². The molecule has 0 spiro atoms. The van der Waals surface area contributed by atoms with Gasteiger partial charge in [0.1, 0.15) is 5.82 Å². The van der Waals surface area contributed by atoms with Crippen molar-refractivity contribution < 1.29 is 4.39 Å². The van der Waals surface area contributed by atoms with Crippen molar-refractivity contribution in [1.82, 2.24) is 9.55 Å². The second-order valence-corrected chi connectivity index (χ2v) is 4.43. The quantitative estimate of drug-likeness (QED) is 0.921. The van der Waals surface area contributed by atoms with Gasteiger partial charge in [0, 0.05) is 11.7 Å². The van der Waals surface area contributed by atoms with Crippen LogP contribution in [0.2, 0.25) is 0 Å². The second-order valence-electron chi connectivity index (χ2n) is 3.58. The Bertz CT molecular complexity index is 508. The number of nitrogens with two attached hydrogens (primary N) is 1. The zero-order chi connectivity index (χ0) is 11.7. The van der Waals surface area contributed by atoms with Gasteiger partial charge in [-0.25, -0.2) is 9.37 Å². The lowest BCUT2D eigenvalue weighted by molar-refractivity contribution is 0.619. The molecule has 0 aliphatic rings.